The van der Waals surface area contributed by atoms with Gasteiger partial charge in [0, 0.05) is 11.1 Å². The van der Waals surface area contributed by atoms with E-state index in [9.17, 15) is 19.5 Å². The molecule has 0 saturated heterocycles. The van der Waals surface area contributed by atoms with E-state index >= 15 is 0 Å². The van der Waals surface area contributed by atoms with Crippen molar-refractivity contribution in [3.8, 4) is 0 Å². The van der Waals surface area contributed by atoms with Crippen molar-refractivity contribution in [3.63, 3.8) is 0 Å². The minimum absolute atomic E-state index is 0.214. The van der Waals surface area contributed by atoms with E-state index in [1.54, 1.807) is 6.92 Å². The zero-order chi connectivity index (χ0) is 20.1. The molecule has 0 rings (SSSR count). The van der Waals surface area contributed by atoms with Gasteiger partial charge < -0.3 is 19.7 Å². The molecule has 7 heteroatoms. The molecule has 0 aromatic carbocycles. The molecule has 0 aliphatic rings. The Kier molecular flexibility index (Phi) is 11.7. The molecule has 0 spiro atoms. The van der Waals surface area contributed by atoms with Gasteiger partial charge in [0.1, 0.15) is 0 Å². The lowest BCUT2D eigenvalue weighted by Gasteiger charge is -2.09. The van der Waals surface area contributed by atoms with Crippen LogP contribution in [0.15, 0.2) is 36.1 Å². The standard InChI is InChI=1S/C19H28O7/c1-13(2)18(23)25-12-8-6-5-7-9-16(20)11-10-14(3)19(24)26-15(4)17(21)22/h10,16,20H,1,4-9,11-12H2,2-3H3,(H,21,22). The van der Waals surface area contributed by atoms with Gasteiger partial charge in [-0.05, 0) is 39.7 Å². The monoisotopic (exact) mass is 368 g/mol. The fourth-order valence-electron chi connectivity index (χ4n) is 1.87. The topological polar surface area (TPSA) is 110 Å². The molecular formula is C19H28O7. The summed E-state index contributed by atoms with van der Waals surface area (Å²) in [7, 11) is 0. The van der Waals surface area contributed by atoms with Crippen molar-refractivity contribution in [1.29, 1.82) is 0 Å². The van der Waals surface area contributed by atoms with Gasteiger partial charge in [-0.25, -0.2) is 14.4 Å². The fourth-order valence-corrected chi connectivity index (χ4v) is 1.87. The van der Waals surface area contributed by atoms with E-state index in [-0.39, 0.29) is 18.0 Å². The largest absolute Gasteiger partial charge is 0.475 e. The first kappa shape index (κ1) is 23.6. The lowest BCUT2D eigenvalue weighted by atomic mass is 10.1. The number of carboxylic acids is 1. The molecule has 146 valence electrons. The molecular weight excluding hydrogens is 340 g/mol. The van der Waals surface area contributed by atoms with Crippen LogP contribution in [0.2, 0.25) is 0 Å². The zero-order valence-corrected chi connectivity index (χ0v) is 15.5. The third-order valence-corrected chi connectivity index (χ3v) is 3.49. The van der Waals surface area contributed by atoms with E-state index in [0.29, 0.717) is 18.6 Å². The second-order valence-electron chi connectivity index (χ2n) is 6.01. The van der Waals surface area contributed by atoms with Crippen molar-refractivity contribution < 1.29 is 34.1 Å². The van der Waals surface area contributed by atoms with Crippen LogP contribution >= 0.6 is 0 Å². The Labute approximate surface area is 154 Å². The number of esters is 2. The number of ether oxygens (including phenoxy) is 2. The first-order chi connectivity index (χ1) is 12.1. The van der Waals surface area contributed by atoms with Crippen LogP contribution in [0.5, 0.6) is 0 Å². The average molecular weight is 368 g/mol. The third-order valence-electron chi connectivity index (χ3n) is 3.49. The second-order valence-corrected chi connectivity index (χ2v) is 6.01. The summed E-state index contributed by atoms with van der Waals surface area (Å²) in [6.45, 7) is 10.1. The Hall–Kier alpha value is -2.41. The highest BCUT2D eigenvalue weighted by Gasteiger charge is 2.13. The van der Waals surface area contributed by atoms with Crippen LogP contribution in [0.3, 0.4) is 0 Å². The highest BCUT2D eigenvalue weighted by Crippen LogP contribution is 2.11. The molecule has 26 heavy (non-hydrogen) atoms. The number of aliphatic hydroxyl groups is 1. The van der Waals surface area contributed by atoms with E-state index in [2.05, 4.69) is 17.9 Å². The molecule has 1 unspecified atom stereocenters. The minimum Gasteiger partial charge on any atom is -0.475 e. The second kappa shape index (κ2) is 12.9. The van der Waals surface area contributed by atoms with E-state index in [1.807, 2.05) is 0 Å². The molecule has 0 bridgehead atoms. The maximum Gasteiger partial charge on any atom is 0.371 e. The Morgan fingerprint density at radius 2 is 1.65 bits per heavy atom. The zero-order valence-electron chi connectivity index (χ0n) is 15.5. The van der Waals surface area contributed by atoms with Gasteiger partial charge >= 0.3 is 17.9 Å². The van der Waals surface area contributed by atoms with Gasteiger partial charge in [-0.3, -0.25) is 0 Å². The maximum absolute atomic E-state index is 11.6. The lowest BCUT2D eigenvalue weighted by Crippen LogP contribution is -2.12. The quantitative estimate of drug-likeness (QED) is 0.223. The number of aliphatic carboxylic acids is 1. The van der Waals surface area contributed by atoms with Crippen molar-refractivity contribution in [2.45, 2.75) is 58.5 Å². The van der Waals surface area contributed by atoms with E-state index in [0.717, 1.165) is 25.7 Å². The molecule has 0 aromatic heterocycles. The van der Waals surface area contributed by atoms with Gasteiger partial charge in [0.15, 0.2) is 0 Å². The maximum atomic E-state index is 11.6. The molecule has 0 amide bonds. The summed E-state index contributed by atoms with van der Waals surface area (Å²) in [6, 6.07) is 0. The number of carbonyl (C=O) groups is 3. The van der Waals surface area contributed by atoms with Crippen molar-refractivity contribution in [1.82, 2.24) is 0 Å². The molecule has 0 aromatic rings. The van der Waals surface area contributed by atoms with Crippen LogP contribution in [-0.2, 0) is 23.9 Å². The fraction of sp³-hybridized carbons (Fsp3) is 0.526. The summed E-state index contributed by atoms with van der Waals surface area (Å²) >= 11 is 0. The van der Waals surface area contributed by atoms with Crippen molar-refractivity contribution >= 4 is 17.9 Å². The number of carboxylic acid groups (broad SMARTS) is 1. The summed E-state index contributed by atoms with van der Waals surface area (Å²) in [5, 5.41) is 18.5. The predicted octanol–water partition coefficient (Wildman–Crippen LogP) is 2.90. The molecule has 2 N–H and O–H groups in total. The van der Waals surface area contributed by atoms with Crippen LogP contribution in [0.4, 0.5) is 0 Å². The van der Waals surface area contributed by atoms with Crippen LogP contribution in [0, 0.1) is 0 Å². The third kappa shape index (κ3) is 11.2. The first-order valence-corrected chi connectivity index (χ1v) is 8.47. The highest BCUT2D eigenvalue weighted by atomic mass is 16.6. The number of hydrogen-bond donors (Lipinski definition) is 2. The van der Waals surface area contributed by atoms with E-state index in [4.69, 9.17) is 9.84 Å². The number of hydrogen-bond acceptors (Lipinski definition) is 6. The number of carbonyl (C=O) groups excluding carboxylic acids is 2. The highest BCUT2D eigenvalue weighted by molar-refractivity contribution is 5.93. The number of aliphatic hydroxyl groups excluding tert-OH is 1. The molecule has 0 saturated carbocycles. The normalized spacial score (nSPS) is 12.2. The van der Waals surface area contributed by atoms with Crippen LogP contribution < -0.4 is 0 Å². The molecule has 0 heterocycles. The Bertz CT molecular complexity index is 560. The number of rotatable bonds is 13. The van der Waals surface area contributed by atoms with Crippen LogP contribution in [-0.4, -0.2) is 40.8 Å². The van der Waals surface area contributed by atoms with Crippen molar-refractivity contribution in [2.24, 2.45) is 0 Å². The van der Waals surface area contributed by atoms with Gasteiger partial charge in [0.25, 0.3) is 0 Å². The van der Waals surface area contributed by atoms with E-state index < -0.39 is 23.8 Å². The summed E-state index contributed by atoms with van der Waals surface area (Å²) < 4.78 is 9.53. The predicted molar refractivity (Wildman–Crippen MR) is 96.1 cm³/mol. The van der Waals surface area contributed by atoms with Gasteiger partial charge in [0.05, 0.1) is 12.7 Å². The lowest BCUT2D eigenvalue weighted by molar-refractivity contribution is -0.145. The Morgan fingerprint density at radius 1 is 1.04 bits per heavy atom. The molecule has 0 aliphatic heterocycles. The van der Waals surface area contributed by atoms with Gasteiger partial charge in [-0.1, -0.05) is 31.9 Å². The molecule has 0 fully saturated rings. The molecule has 0 aliphatic carbocycles. The Balaban J connectivity index is 3.88. The first-order valence-electron chi connectivity index (χ1n) is 8.47. The van der Waals surface area contributed by atoms with Gasteiger partial charge in [-0.2, -0.15) is 0 Å². The van der Waals surface area contributed by atoms with Crippen LogP contribution in [0.25, 0.3) is 0 Å². The Morgan fingerprint density at radius 3 is 2.23 bits per heavy atom. The summed E-state index contributed by atoms with van der Waals surface area (Å²) in [4.78, 5) is 33.3. The van der Waals surface area contributed by atoms with E-state index in [1.165, 1.54) is 13.0 Å². The minimum atomic E-state index is -1.40. The average Bonchev–Trinajstić information content (AvgIpc) is 2.57. The number of unbranched alkanes of at least 4 members (excludes halogenated alkanes) is 3. The summed E-state index contributed by atoms with van der Waals surface area (Å²) in [5.74, 6) is -3.22. The van der Waals surface area contributed by atoms with Crippen LogP contribution in [0.1, 0.15) is 52.4 Å². The van der Waals surface area contributed by atoms with Crippen molar-refractivity contribution in [3.05, 3.63) is 36.1 Å². The smallest absolute Gasteiger partial charge is 0.371 e. The summed E-state index contributed by atoms with van der Waals surface area (Å²) in [5.41, 5.74) is 0.596. The molecule has 1 atom stereocenters. The summed E-state index contributed by atoms with van der Waals surface area (Å²) in [6.07, 6.45) is 5.11. The molecule has 7 nitrogen and oxygen atoms in total. The molecule has 0 radical (unpaired) electrons. The van der Waals surface area contributed by atoms with Gasteiger partial charge in [-0.15, -0.1) is 0 Å². The SMILES string of the molecule is C=C(C)C(=O)OCCCCCCC(O)CC=C(C)C(=O)OC(=C)C(=O)O. The van der Waals surface area contributed by atoms with Gasteiger partial charge in [0.2, 0.25) is 5.76 Å². The van der Waals surface area contributed by atoms with Crippen molar-refractivity contribution in [2.75, 3.05) is 6.61 Å².